The van der Waals surface area contributed by atoms with Crippen LogP contribution >= 0.6 is 11.3 Å². The van der Waals surface area contributed by atoms with E-state index in [9.17, 15) is 8.42 Å². The molecular weight excluding hydrogens is 290 g/mol. The number of hydrogen-bond donors (Lipinski definition) is 0. The highest BCUT2D eigenvalue weighted by Crippen LogP contribution is 2.29. The van der Waals surface area contributed by atoms with Gasteiger partial charge in [-0.15, -0.1) is 17.9 Å². The molecule has 1 aromatic carbocycles. The summed E-state index contributed by atoms with van der Waals surface area (Å²) in [5, 5.41) is 1.76. The lowest BCUT2D eigenvalue weighted by molar-refractivity contribution is 0.595. The van der Waals surface area contributed by atoms with E-state index in [4.69, 9.17) is 0 Å². The minimum atomic E-state index is -3.53. The maximum atomic E-state index is 12.7. The normalized spacial score (nSPS) is 11.3. The highest BCUT2D eigenvalue weighted by Gasteiger charge is 2.25. The van der Waals surface area contributed by atoms with Crippen LogP contribution in [-0.4, -0.2) is 15.0 Å². The van der Waals surface area contributed by atoms with E-state index < -0.39 is 10.0 Å². The van der Waals surface area contributed by atoms with Crippen LogP contribution in [0.15, 0.2) is 52.6 Å². The van der Waals surface area contributed by atoms with Gasteiger partial charge in [-0.25, -0.2) is 8.42 Å². The van der Waals surface area contributed by atoms with Crippen molar-refractivity contribution in [1.82, 2.24) is 0 Å². The molecule has 3 nitrogen and oxygen atoms in total. The highest BCUT2D eigenvalue weighted by molar-refractivity contribution is 7.94. The molecule has 106 valence electrons. The third-order valence-corrected chi connectivity index (χ3v) is 6.11. The maximum absolute atomic E-state index is 12.7. The molecule has 0 saturated carbocycles. The average molecular weight is 307 g/mol. The first kappa shape index (κ1) is 14.8. The van der Waals surface area contributed by atoms with Crippen molar-refractivity contribution >= 4 is 27.0 Å². The standard InChI is InChI=1S/C15H17NO2S2/c1-4-9-16(14-8-7-12(2)11-13(14)3)20(17,18)15-6-5-10-19-15/h4-8,10-11H,1,9H2,2-3H3. The van der Waals surface area contributed by atoms with Crippen molar-refractivity contribution in [3.05, 3.63) is 59.5 Å². The topological polar surface area (TPSA) is 37.4 Å². The van der Waals surface area contributed by atoms with Gasteiger partial charge in [-0.3, -0.25) is 4.31 Å². The van der Waals surface area contributed by atoms with Crippen molar-refractivity contribution in [1.29, 1.82) is 0 Å². The number of anilines is 1. The van der Waals surface area contributed by atoms with E-state index >= 15 is 0 Å². The van der Waals surface area contributed by atoms with E-state index in [2.05, 4.69) is 6.58 Å². The summed E-state index contributed by atoms with van der Waals surface area (Å²) in [5.74, 6) is 0. The van der Waals surface area contributed by atoms with E-state index in [0.29, 0.717) is 9.90 Å². The largest absolute Gasteiger partial charge is 0.274 e. The molecule has 5 heteroatoms. The number of benzene rings is 1. The molecule has 0 bridgehead atoms. The Hall–Kier alpha value is -1.59. The van der Waals surface area contributed by atoms with E-state index in [1.54, 1.807) is 23.6 Å². The van der Waals surface area contributed by atoms with Crippen molar-refractivity contribution in [2.75, 3.05) is 10.8 Å². The van der Waals surface area contributed by atoms with Crippen LogP contribution in [0.5, 0.6) is 0 Å². The van der Waals surface area contributed by atoms with Crippen molar-refractivity contribution in [3.8, 4) is 0 Å². The third kappa shape index (κ3) is 2.78. The van der Waals surface area contributed by atoms with Gasteiger partial charge in [-0.05, 0) is 36.9 Å². The van der Waals surface area contributed by atoms with Crippen molar-refractivity contribution < 1.29 is 8.42 Å². The van der Waals surface area contributed by atoms with Crippen molar-refractivity contribution in [2.45, 2.75) is 18.1 Å². The lowest BCUT2D eigenvalue weighted by Crippen LogP contribution is -2.31. The van der Waals surface area contributed by atoms with Crippen LogP contribution in [0, 0.1) is 13.8 Å². The summed E-state index contributed by atoms with van der Waals surface area (Å²) in [5.41, 5.74) is 2.74. The van der Waals surface area contributed by atoms with Gasteiger partial charge >= 0.3 is 0 Å². The number of thiophene rings is 1. The molecule has 1 aromatic heterocycles. The van der Waals surface area contributed by atoms with Crippen LogP contribution in [0.2, 0.25) is 0 Å². The number of nitrogens with zero attached hydrogens (tertiary/aromatic N) is 1. The Balaban J connectivity index is 2.54. The fourth-order valence-corrected chi connectivity index (χ4v) is 4.65. The van der Waals surface area contributed by atoms with Gasteiger partial charge < -0.3 is 0 Å². The molecule has 0 radical (unpaired) electrons. The van der Waals surface area contributed by atoms with Gasteiger partial charge in [0.15, 0.2) is 0 Å². The van der Waals surface area contributed by atoms with E-state index in [-0.39, 0.29) is 6.54 Å². The smallest absolute Gasteiger partial charge is 0.262 e. The molecule has 0 saturated heterocycles. The summed E-state index contributed by atoms with van der Waals surface area (Å²) < 4.78 is 27.2. The van der Waals surface area contributed by atoms with Crippen molar-refractivity contribution in [2.24, 2.45) is 0 Å². The van der Waals surface area contributed by atoms with Gasteiger partial charge in [0.05, 0.1) is 12.2 Å². The Bertz CT molecular complexity index is 703. The molecule has 0 aliphatic carbocycles. The molecule has 20 heavy (non-hydrogen) atoms. The fourth-order valence-electron chi connectivity index (χ4n) is 2.05. The molecule has 0 unspecified atom stereocenters. The van der Waals surface area contributed by atoms with Crippen molar-refractivity contribution in [3.63, 3.8) is 0 Å². The predicted octanol–water partition coefficient (Wildman–Crippen LogP) is 3.75. The fraction of sp³-hybridized carbons (Fsp3) is 0.200. The Morgan fingerprint density at radius 3 is 2.60 bits per heavy atom. The molecule has 1 heterocycles. The van der Waals surface area contributed by atoms with Gasteiger partial charge in [0.2, 0.25) is 0 Å². The molecule has 0 amide bonds. The van der Waals surface area contributed by atoms with Crippen LogP contribution in [0.25, 0.3) is 0 Å². The lowest BCUT2D eigenvalue weighted by Gasteiger charge is -2.24. The molecule has 2 rings (SSSR count). The van der Waals surface area contributed by atoms with Crippen LogP contribution < -0.4 is 4.31 Å². The molecule has 0 spiro atoms. The van der Waals surface area contributed by atoms with Crippen LogP contribution in [0.4, 0.5) is 5.69 Å². The average Bonchev–Trinajstić information content (AvgIpc) is 2.91. The second-order valence-electron chi connectivity index (χ2n) is 4.55. The molecule has 0 aliphatic rings. The van der Waals surface area contributed by atoms with E-state index in [1.807, 2.05) is 32.0 Å². The zero-order valence-electron chi connectivity index (χ0n) is 11.5. The van der Waals surface area contributed by atoms with Crippen LogP contribution in [0.1, 0.15) is 11.1 Å². The first-order valence-electron chi connectivity index (χ1n) is 6.21. The summed E-state index contributed by atoms with van der Waals surface area (Å²) in [6.07, 6.45) is 1.60. The second-order valence-corrected chi connectivity index (χ2v) is 7.58. The minimum absolute atomic E-state index is 0.254. The Morgan fingerprint density at radius 2 is 2.05 bits per heavy atom. The van der Waals surface area contributed by atoms with Gasteiger partial charge in [0, 0.05) is 0 Å². The number of hydrogen-bond acceptors (Lipinski definition) is 3. The third-order valence-electron chi connectivity index (χ3n) is 2.96. The second kappa shape index (κ2) is 5.81. The molecule has 0 fully saturated rings. The van der Waals surface area contributed by atoms with Gasteiger partial charge in [0.25, 0.3) is 10.0 Å². The molecule has 2 aromatic rings. The highest BCUT2D eigenvalue weighted by atomic mass is 32.2. The zero-order valence-corrected chi connectivity index (χ0v) is 13.2. The summed E-state index contributed by atoms with van der Waals surface area (Å²) in [6, 6.07) is 9.11. The van der Waals surface area contributed by atoms with E-state index in [1.165, 1.54) is 15.6 Å². The van der Waals surface area contributed by atoms with Gasteiger partial charge in [0.1, 0.15) is 4.21 Å². The first-order chi connectivity index (χ1) is 9.46. The van der Waals surface area contributed by atoms with Gasteiger partial charge in [-0.1, -0.05) is 29.8 Å². The lowest BCUT2D eigenvalue weighted by atomic mass is 10.1. The Labute approximate surface area is 124 Å². The Kier molecular flexibility index (Phi) is 4.30. The quantitative estimate of drug-likeness (QED) is 0.789. The van der Waals surface area contributed by atoms with Crippen LogP contribution in [0.3, 0.4) is 0 Å². The number of sulfonamides is 1. The molecule has 0 atom stereocenters. The monoisotopic (exact) mass is 307 g/mol. The summed E-state index contributed by atoms with van der Waals surface area (Å²) in [6.45, 7) is 7.83. The SMILES string of the molecule is C=CCN(c1ccc(C)cc1C)S(=O)(=O)c1cccs1. The minimum Gasteiger partial charge on any atom is -0.262 e. The predicted molar refractivity (Wildman–Crippen MR) is 85.0 cm³/mol. The molecule has 0 aliphatic heterocycles. The Morgan fingerprint density at radius 1 is 1.30 bits per heavy atom. The summed E-state index contributed by atoms with van der Waals surface area (Å²) >= 11 is 1.22. The maximum Gasteiger partial charge on any atom is 0.274 e. The zero-order chi connectivity index (χ0) is 14.8. The molecular formula is C15H17NO2S2. The van der Waals surface area contributed by atoms with Gasteiger partial charge in [-0.2, -0.15) is 0 Å². The number of rotatable bonds is 5. The summed E-state index contributed by atoms with van der Waals surface area (Å²) in [7, 11) is -3.53. The van der Waals surface area contributed by atoms with E-state index in [0.717, 1.165) is 11.1 Å². The number of aryl methyl sites for hydroxylation is 2. The molecule has 0 N–H and O–H groups in total. The first-order valence-corrected chi connectivity index (χ1v) is 8.53. The summed E-state index contributed by atoms with van der Waals surface area (Å²) in [4.78, 5) is 0. The van der Waals surface area contributed by atoms with Crippen LogP contribution in [-0.2, 0) is 10.0 Å².